The van der Waals surface area contributed by atoms with Crippen molar-refractivity contribution < 1.29 is 13.2 Å². The third-order valence-corrected chi connectivity index (χ3v) is 1.48. The average Bonchev–Trinajstić information content (AvgIpc) is 2.30. The molecule has 0 fully saturated rings. The number of oxazole rings is 1. The van der Waals surface area contributed by atoms with E-state index in [1.165, 1.54) is 0 Å². The first-order valence-electron chi connectivity index (χ1n) is 3.65. The van der Waals surface area contributed by atoms with Gasteiger partial charge < -0.3 is 4.42 Å². The van der Waals surface area contributed by atoms with Gasteiger partial charge in [-0.3, -0.25) is 0 Å². The molecule has 2 nitrogen and oxygen atoms in total. The molecule has 1 aromatic rings. The van der Waals surface area contributed by atoms with Crippen molar-refractivity contribution in [3.05, 3.63) is 17.8 Å². The fraction of sp³-hybridized carbons (Fsp3) is 0.625. The maximum atomic E-state index is 12.3. The Morgan fingerprint density at radius 1 is 1.42 bits per heavy atom. The molecule has 0 amide bonds. The van der Waals surface area contributed by atoms with E-state index in [2.05, 4.69) is 4.98 Å². The van der Waals surface area contributed by atoms with Crippen molar-refractivity contribution in [2.75, 3.05) is 0 Å². The van der Waals surface area contributed by atoms with Crippen LogP contribution < -0.4 is 0 Å². The molecule has 1 heterocycles. The van der Waals surface area contributed by atoms with Crippen molar-refractivity contribution in [3.8, 4) is 0 Å². The van der Waals surface area contributed by atoms with Crippen LogP contribution in [0.5, 0.6) is 0 Å². The summed E-state index contributed by atoms with van der Waals surface area (Å²) in [5.74, 6) is 0.262. The van der Waals surface area contributed by atoms with Crippen LogP contribution >= 0.6 is 0 Å². The monoisotopic (exact) mass is 175 g/mol. The molecule has 0 aliphatic carbocycles. The first-order chi connectivity index (χ1) is 5.43. The van der Waals surface area contributed by atoms with Gasteiger partial charge in [0.05, 0.1) is 0 Å². The Labute approximate surface area is 69.6 Å². The lowest BCUT2D eigenvalue weighted by molar-refractivity contribution is 0.142. The van der Waals surface area contributed by atoms with Crippen LogP contribution in [0.3, 0.4) is 0 Å². The minimum Gasteiger partial charge on any atom is -0.447 e. The predicted octanol–water partition coefficient (Wildman–Crippen LogP) is 2.91. The van der Waals surface area contributed by atoms with Crippen molar-refractivity contribution in [3.63, 3.8) is 0 Å². The van der Waals surface area contributed by atoms with E-state index in [4.69, 9.17) is 4.42 Å². The zero-order chi connectivity index (χ0) is 9.35. The molecule has 0 aromatic carbocycles. The quantitative estimate of drug-likeness (QED) is 0.655. The van der Waals surface area contributed by atoms with Gasteiger partial charge in [0.2, 0.25) is 0 Å². The van der Waals surface area contributed by atoms with Crippen molar-refractivity contribution in [2.45, 2.75) is 32.6 Å². The largest absolute Gasteiger partial charge is 0.447 e. The second-order valence-corrected chi connectivity index (χ2v) is 3.62. The molecule has 0 atom stereocenters. The predicted molar refractivity (Wildman–Crippen MR) is 40.2 cm³/mol. The third kappa shape index (κ3) is 1.62. The van der Waals surface area contributed by atoms with Gasteiger partial charge in [0.25, 0.3) is 6.43 Å². The highest BCUT2D eigenvalue weighted by molar-refractivity contribution is 5.16. The van der Waals surface area contributed by atoms with Gasteiger partial charge in [-0.05, 0) is 0 Å². The molecular weight excluding hydrogens is 164 g/mol. The molecule has 1 aromatic heterocycles. The molecule has 0 bridgehead atoms. The lowest BCUT2D eigenvalue weighted by Gasteiger charge is -2.15. The highest BCUT2D eigenvalue weighted by Gasteiger charge is 2.27. The van der Waals surface area contributed by atoms with Gasteiger partial charge in [-0.25, -0.2) is 13.8 Å². The first-order valence-corrected chi connectivity index (χ1v) is 3.65. The standard InChI is InChI=1S/C8H11F2NO/c1-8(2,3)6-5(7(9)10)11-4-12-6/h4,7H,1-3H3. The number of alkyl halides is 2. The van der Waals surface area contributed by atoms with E-state index >= 15 is 0 Å². The summed E-state index contributed by atoms with van der Waals surface area (Å²) < 4.78 is 29.4. The summed E-state index contributed by atoms with van der Waals surface area (Å²) >= 11 is 0. The summed E-state index contributed by atoms with van der Waals surface area (Å²) in [5, 5.41) is 0. The SMILES string of the molecule is CC(C)(C)c1ocnc1C(F)F. The van der Waals surface area contributed by atoms with E-state index in [0.29, 0.717) is 0 Å². The fourth-order valence-corrected chi connectivity index (χ4v) is 0.971. The minimum atomic E-state index is -2.56. The zero-order valence-corrected chi connectivity index (χ0v) is 7.27. The summed E-state index contributed by atoms with van der Waals surface area (Å²) in [5.41, 5.74) is -0.662. The Balaban J connectivity index is 3.08. The summed E-state index contributed by atoms with van der Waals surface area (Å²) in [6.45, 7) is 5.41. The van der Waals surface area contributed by atoms with E-state index in [1.807, 2.05) is 0 Å². The van der Waals surface area contributed by atoms with Crippen molar-refractivity contribution in [1.29, 1.82) is 0 Å². The van der Waals surface area contributed by atoms with Crippen LogP contribution in [-0.4, -0.2) is 4.98 Å². The Morgan fingerprint density at radius 3 is 2.33 bits per heavy atom. The molecule has 12 heavy (non-hydrogen) atoms. The third-order valence-electron chi connectivity index (χ3n) is 1.48. The molecule has 0 radical (unpaired) electrons. The Kier molecular flexibility index (Phi) is 2.17. The molecule has 4 heteroatoms. The topological polar surface area (TPSA) is 26.0 Å². The van der Waals surface area contributed by atoms with Crippen LogP contribution in [-0.2, 0) is 5.41 Å². The van der Waals surface area contributed by atoms with Gasteiger partial charge in [-0.2, -0.15) is 0 Å². The van der Waals surface area contributed by atoms with E-state index in [-0.39, 0.29) is 11.5 Å². The number of nitrogens with zero attached hydrogens (tertiary/aromatic N) is 1. The molecule has 0 unspecified atom stereocenters. The van der Waals surface area contributed by atoms with Gasteiger partial charge >= 0.3 is 0 Å². The lowest BCUT2D eigenvalue weighted by atomic mass is 9.92. The molecule has 1 rings (SSSR count). The Hall–Kier alpha value is -0.930. The summed E-state index contributed by atoms with van der Waals surface area (Å²) in [4.78, 5) is 3.47. The zero-order valence-electron chi connectivity index (χ0n) is 7.27. The second-order valence-electron chi connectivity index (χ2n) is 3.62. The number of hydrogen-bond acceptors (Lipinski definition) is 2. The van der Waals surface area contributed by atoms with Crippen LogP contribution in [0.2, 0.25) is 0 Å². The number of halogens is 2. The average molecular weight is 175 g/mol. The van der Waals surface area contributed by atoms with Crippen molar-refractivity contribution >= 4 is 0 Å². The number of hydrogen-bond donors (Lipinski definition) is 0. The molecule has 0 aliphatic rings. The van der Waals surface area contributed by atoms with Gasteiger partial charge in [0.15, 0.2) is 6.39 Å². The molecule has 0 N–H and O–H groups in total. The van der Waals surface area contributed by atoms with Gasteiger partial charge in [-0.1, -0.05) is 20.8 Å². The van der Waals surface area contributed by atoms with Crippen molar-refractivity contribution in [2.24, 2.45) is 0 Å². The van der Waals surface area contributed by atoms with Crippen molar-refractivity contribution in [1.82, 2.24) is 4.98 Å². The molecular formula is C8H11F2NO. The normalized spacial score (nSPS) is 12.5. The van der Waals surface area contributed by atoms with Crippen LogP contribution in [0.1, 0.15) is 38.7 Å². The van der Waals surface area contributed by atoms with Crippen LogP contribution in [0, 0.1) is 0 Å². The summed E-state index contributed by atoms with van der Waals surface area (Å²) in [6, 6.07) is 0. The summed E-state index contributed by atoms with van der Waals surface area (Å²) in [6.07, 6.45) is -1.50. The lowest BCUT2D eigenvalue weighted by Crippen LogP contribution is -2.12. The van der Waals surface area contributed by atoms with Gasteiger partial charge in [0.1, 0.15) is 11.5 Å². The number of rotatable bonds is 1. The highest BCUT2D eigenvalue weighted by atomic mass is 19.3. The van der Waals surface area contributed by atoms with Gasteiger partial charge in [-0.15, -0.1) is 0 Å². The number of aromatic nitrogens is 1. The Bertz CT molecular complexity index is 262. The van der Waals surface area contributed by atoms with Crippen LogP contribution in [0.25, 0.3) is 0 Å². The summed E-state index contributed by atoms with van der Waals surface area (Å²) in [7, 11) is 0. The van der Waals surface area contributed by atoms with E-state index in [0.717, 1.165) is 6.39 Å². The van der Waals surface area contributed by atoms with E-state index in [9.17, 15) is 8.78 Å². The molecule has 68 valence electrons. The van der Waals surface area contributed by atoms with Gasteiger partial charge in [0, 0.05) is 5.41 Å². The smallest absolute Gasteiger partial charge is 0.283 e. The molecule has 0 saturated heterocycles. The van der Waals surface area contributed by atoms with E-state index in [1.54, 1.807) is 20.8 Å². The second kappa shape index (κ2) is 2.84. The maximum absolute atomic E-state index is 12.3. The molecule has 0 spiro atoms. The van der Waals surface area contributed by atoms with Crippen LogP contribution in [0.15, 0.2) is 10.8 Å². The fourth-order valence-electron chi connectivity index (χ4n) is 0.971. The van der Waals surface area contributed by atoms with E-state index < -0.39 is 11.8 Å². The Morgan fingerprint density at radius 2 is 2.00 bits per heavy atom. The molecule has 0 saturated carbocycles. The maximum Gasteiger partial charge on any atom is 0.283 e. The minimum absolute atomic E-state index is 0.248. The first kappa shape index (κ1) is 9.16. The molecule has 0 aliphatic heterocycles. The van der Waals surface area contributed by atoms with Crippen LogP contribution in [0.4, 0.5) is 8.78 Å². The highest BCUT2D eigenvalue weighted by Crippen LogP contribution is 2.30.